The first-order chi connectivity index (χ1) is 16.8. The van der Waals surface area contributed by atoms with Crippen molar-refractivity contribution in [2.75, 3.05) is 26.2 Å². The Morgan fingerprint density at radius 1 is 1.11 bits per heavy atom. The van der Waals surface area contributed by atoms with Crippen LogP contribution >= 0.6 is 23.2 Å². The molecule has 0 spiro atoms. The Morgan fingerprint density at radius 3 is 2.46 bits per heavy atom. The second kappa shape index (κ2) is 12.1. The average molecular weight is 523 g/mol. The predicted octanol–water partition coefficient (Wildman–Crippen LogP) is 4.99. The van der Waals surface area contributed by atoms with E-state index in [9.17, 15) is 14.7 Å². The van der Waals surface area contributed by atoms with Gasteiger partial charge in [-0.1, -0.05) is 47.8 Å². The quantitative estimate of drug-likeness (QED) is 0.471. The van der Waals surface area contributed by atoms with Crippen molar-refractivity contribution in [3.05, 3.63) is 45.5 Å². The summed E-state index contributed by atoms with van der Waals surface area (Å²) in [5.41, 5.74) is 2.34. The Morgan fingerprint density at radius 2 is 1.83 bits per heavy atom. The van der Waals surface area contributed by atoms with Gasteiger partial charge >= 0.3 is 5.97 Å². The highest BCUT2D eigenvalue weighted by molar-refractivity contribution is 6.35. The van der Waals surface area contributed by atoms with Gasteiger partial charge in [0.25, 0.3) is 0 Å². The van der Waals surface area contributed by atoms with E-state index in [4.69, 9.17) is 23.2 Å². The van der Waals surface area contributed by atoms with Crippen LogP contribution in [0.1, 0.15) is 57.4 Å². The number of nitrogens with zero attached hydrogens (tertiary/aromatic N) is 2. The zero-order chi connectivity index (χ0) is 24.9. The van der Waals surface area contributed by atoms with Crippen LogP contribution in [-0.2, 0) is 16.1 Å². The molecule has 1 aliphatic carbocycles. The third-order valence-electron chi connectivity index (χ3n) is 7.90. The molecule has 0 saturated carbocycles. The molecule has 1 aromatic carbocycles. The van der Waals surface area contributed by atoms with Crippen molar-refractivity contribution in [3.8, 4) is 0 Å². The third kappa shape index (κ3) is 6.79. The first-order valence-corrected chi connectivity index (χ1v) is 13.7. The van der Waals surface area contributed by atoms with E-state index in [1.807, 2.05) is 6.92 Å². The fraction of sp³-hybridized carbons (Fsp3) is 0.630. The number of likely N-dealkylation sites (tertiary alicyclic amines) is 2. The summed E-state index contributed by atoms with van der Waals surface area (Å²) >= 11 is 12.8. The van der Waals surface area contributed by atoms with E-state index in [0.717, 1.165) is 38.0 Å². The molecule has 2 fully saturated rings. The summed E-state index contributed by atoms with van der Waals surface area (Å²) in [6, 6.07) is 4.99. The average Bonchev–Trinajstić information content (AvgIpc) is 3.12. The summed E-state index contributed by atoms with van der Waals surface area (Å²) < 4.78 is 0. The van der Waals surface area contributed by atoms with Crippen molar-refractivity contribution >= 4 is 35.1 Å². The van der Waals surface area contributed by atoms with Crippen LogP contribution in [0.15, 0.2) is 29.8 Å². The first kappa shape index (κ1) is 26.5. The van der Waals surface area contributed by atoms with Crippen LogP contribution in [0.3, 0.4) is 0 Å². The molecule has 192 valence electrons. The van der Waals surface area contributed by atoms with E-state index >= 15 is 0 Å². The summed E-state index contributed by atoms with van der Waals surface area (Å²) in [7, 11) is 0. The largest absolute Gasteiger partial charge is 0.481 e. The molecule has 6 nitrogen and oxygen atoms in total. The number of hydrogen-bond donors (Lipinski definition) is 2. The van der Waals surface area contributed by atoms with Gasteiger partial charge in [-0.2, -0.15) is 0 Å². The van der Waals surface area contributed by atoms with E-state index in [1.165, 1.54) is 25.7 Å². The van der Waals surface area contributed by atoms with E-state index in [-0.39, 0.29) is 30.2 Å². The Labute approximate surface area is 218 Å². The van der Waals surface area contributed by atoms with Crippen molar-refractivity contribution < 1.29 is 14.7 Å². The molecular weight excluding hydrogens is 485 g/mol. The predicted molar refractivity (Wildman–Crippen MR) is 140 cm³/mol. The Balaban J connectivity index is 1.40. The van der Waals surface area contributed by atoms with Crippen molar-refractivity contribution in [3.63, 3.8) is 0 Å². The van der Waals surface area contributed by atoms with Crippen molar-refractivity contribution in [1.29, 1.82) is 0 Å². The number of nitrogens with one attached hydrogen (secondary N) is 1. The molecule has 4 rings (SSSR count). The molecule has 2 N–H and O–H groups in total. The molecule has 1 aromatic rings. The molecule has 35 heavy (non-hydrogen) atoms. The smallest absolute Gasteiger partial charge is 0.303 e. The van der Waals surface area contributed by atoms with Gasteiger partial charge in [-0.15, -0.1) is 0 Å². The number of benzene rings is 1. The molecule has 0 bridgehead atoms. The van der Waals surface area contributed by atoms with Crippen molar-refractivity contribution in [2.24, 2.45) is 11.8 Å². The number of hydrogen-bond acceptors (Lipinski definition) is 4. The maximum atomic E-state index is 13.6. The molecule has 3 aliphatic rings. The molecule has 2 aliphatic heterocycles. The maximum absolute atomic E-state index is 13.6. The number of aliphatic carboxylic acids is 1. The fourth-order valence-electron chi connectivity index (χ4n) is 5.98. The zero-order valence-electron chi connectivity index (χ0n) is 20.5. The van der Waals surface area contributed by atoms with Crippen molar-refractivity contribution in [1.82, 2.24) is 15.1 Å². The minimum atomic E-state index is -0.873. The van der Waals surface area contributed by atoms with Gasteiger partial charge in [-0.3, -0.25) is 19.4 Å². The van der Waals surface area contributed by atoms with Crippen LogP contribution in [0.5, 0.6) is 0 Å². The third-order valence-corrected chi connectivity index (χ3v) is 8.61. The minimum Gasteiger partial charge on any atom is -0.481 e. The fourth-order valence-corrected chi connectivity index (χ4v) is 6.50. The van der Waals surface area contributed by atoms with Gasteiger partial charge in [-0.05, 0) is 62.5 Å². The first-order valence-electron chi connectivity index (χ1n) is 12.9. The molecule has 1 unspecified atom stereocenters. The van der Waals surface area contributed by atoms with E-state index in [0.29, 0.717) is 23.1 Å². The normalized spacial score (nSPS) is 26.5. The number of carboxylic acids is 1. The minimum absolute atomic E-state index is 0.0282. The summed E-state index contributed by atoms with van der Waals surface area (Å²) in [4.78, 5) is 29.8. The molecule has 2 saturated heterocycles. The lowest BCUT2D eigenvalue weighted by atomic mass is 9.88. The maximum Gasteiger partial charge on any atom is 0.303 e. The number of carbonyl (C=O) groups excluding carboxylic acids is 1. The monoisotopic (exact) mass is 521 g/mol. The molecule has 0 aromatic heterocycles. The van der Waals surface area contributed by atoms with Crippen LogP contribution in [0, 0.1) is 11.8 Å². The molecule has 1 amide bonds. The van der Waals surface area contributed by atoms with Crippen LogP contribution in [0.4, 0.5) is 0 Å². The zero-order valence-corrected chi connectivity index (χ0v) is 22.0. The van der Waals surface area contributed by atoms with Gasteiger partial charge in [0.15, 0.2) is 0 Å². The SMILES string of the molecule is C[C@@H]1CN(Cc2c(Cl)cccc2Cl)C(C(=O)NC2CCN(CC3=CCCCC3)CC2)[C@@H]1CC(=O)O. The van der Waals surface area contributed by atoms with Crippen molar-refractivity contribution in [2.45, 2.75) is 70.5 Å². The summed E-state index contributed by atoms with van der Waals surface area (Å²) in [6.45, 7) is 6.08. The number of halogens is 2. The highest BCUT2D eigenvalue weighted by Crippen LogP contribution is 2.36. The lowest BCUT2D eigenvalue weighted by Gasteiger charge is -2.35. The summed E-state index contributed by atoms with van der Waals surface area (Å²) in [5.74, 6) is -1.12. The lowest BCUT2D eigenvalue weighted by Crippen LogP contribution is -2.52. The number of rotatable bonds is 8. The van der Waals surface area contributed by atoms with E-state index in [1.54, 1.807) is 23.8 Å². The second-order valence-corrected chi connectivity index (χ2v) is 11.3. The molecule has 3 atom stereocenters. The van der Waals surface area contributed by atoms with E-state index in [2.05, 4.69) is 21.2 Å². The lowest BCUT2D eigenvalue weighted by molar-refractivity contribution is -0.139. The summed E-state index contributed by atoms with van der Waals surface area (Å²) in [6.07, 6.45) is 9.23. The molecule has 2 heterocycles. The number of carboxylic acid groups (broad SMARTS) is 1. The standard InChI is InChI=1S/C27H37Cl2N3O3/c1-18-15-32(17-22-23(28)8-5-9-24(22)29)26(21(18)14-25(33)34)27(35)30-20-10-12-31(13-11-20)16-19-6-3-2-4-7-19/h5-6,8-9,18,20-21,26H,2-4,7,10-17H2,1H3,(H,30,35)(H,33,34)/t18-,21-,26?/m1/s1. The highest BCUT2D eigenvalue weighted by Gasteiger charge is 2.45. The Hall–Kier alpha value is -1.60. The van der Waals surface area contributed by atoms with Gasteiger partial charge in [0.1, 0.15) is 0 Å². The van der Waals surface area contributed by atoms with Gasteiger partial charge in [0, 0.05) is 54.4 Å². The Kier molecular flexibility index (Phi) is 9.14. The van der Waals surface area contributed by atoms with Crippen LogP contribution < -0.4 is 5.32 Å². The van der Waals surface area contributed by atoms with Gasteiger partial charge in [0.05, 0.1) is 12.5 Å². The topological polar surface area (TPSA) is 72.9 Å². The number of amides is 1. The number of carbonyl (C=O) groups is 2. The number of piperidine rings is 1. The second-order valence-electron chi connectivity index (χ2n) is 10.5. The molecule has 8 heteroatoms. The van der Waals surface area contributed by atoms with Gasteiger partial charge in [0.2, 0.25) is 5.91 Å². The number of allylic oxidation sites excluding steroid dienone is 1. The van der Waals surface area contributed by atoms with E-state index < -0.39 is 12.0 Å². The molecular formula is C27H37Cl2N3O3. The van der Waals surface area contributed by atoms with Gasteiger partial charge < -0.3 is 10.4 Å². The van der Waals surface area contributed by atoms with Crippen LogP contribution in [0.2, 0.25) is 10.0 Å². The van der Waals surface area contributed by atoms with Crippen LogP contribution in [-0.4, -0.2) is 65.0 Å². The highest BCUT2D eigenvalue weighted by atomic mass is 35.5. The molecule has 0 radical (unpaired) electrons. The van der Waals surface area contributed by atoms with Gasteiger partial charge in [-0.25, -0.2) is 0 Å². The van der Waals surface area contributed by atoms with Crippen LogP contribution in [0.25, 0.3) is 0 Å². The Bertz CT molecular complexity index is 925. The summed E-state index contributed by atoms with van der Waals surface area (Å²) in [5, 5.41) is 13.9.